The van der Waals surface area contributed by atoms with Crippen LogP contribution in [-0.4, -0.2) is 28.7 Å². The van der Waals surface area contributed by atoms with E-state index in [1.54, 1.807) is 11.0 Å². The fourth-order valence-corrected chi connectivity index (χ4v) is 4.02. The lowest BCUT2D eigenvalue weighted by atomic mass is 9.97. The molecule has 1 aromatic carbocycles. The number of hydrogen-bond acceptors (Lipinski definition) is 4. The first-order chi connectivity index (χ1) is 12.8. The number of rotatable bonds is 3. The van der Waals surface area contributed by atoms with Crippen LogP contribution in [-0.2, 0) is 6.42 Å². The molecule has 0 atom stereocenters. The van der Waals surface area contributed by atoms with Crippen LogP contribution in [0.5, 0.6) is 0 Å². The molecule has 1 aromatic heterocycles. The van der Waals surface area contributed by atoms with E-state index in [1.165, 1.54) is 50.5 Å². The molecule has 1 N–H and O–H groups in total. The number of hydrogen-bond donors (Lipinski definition) is 1. The molecule has 0 bridgehead atoms. The van der Waals surface area contributed by atoms with Gasteiger partial charge in [0.2, 0.25) is 0 Å². The fourth-order valence-electron chi connectivity index (χ4n) is 4.02. The van der Waals surface area contributed by atoms with E-state index in [2.05, 4.69) is 21.6 Å². The quantitative estimate of drug-likeness (QED) is 0.901. The van der Waals surface area contributed by atoms with E-state index in [-0.39, 0.29) is 5.91 Å². The average molecular weight is 350 g/mol. The Labute approximate surface area is 154 Å². The third-order valence-corrected chi connectivity index (χ3v) is 5.47. The highest BCUT2D eigenvalue weighted by Crippen LogP contribution is 2.28. The molecular weight excluding hydrogens is 324 g/mol. The SMILES string of the molecule is O=C(c1ccc(NC2CCCCCCC2)nn1)N1CCc2ccccc21. The molecular formula is C21H26N4O. The summed E-state index contributed by atoms with van der Waals surface area (Å²) in [5, 5.41) is 12.0. The minimum atomic E-state index is -0.0695. The van der Waals surface area contributed by atoms with Crippen molar-refractivity contribution >= 4 is 17.4 Å². The van der Waals surface area contributed by atoms with Gasteiger partial charge in [-0.25, -0.2) is 0 Å². The number of benzene rings is 1. The predicted molar refractivity (Wildman–Crippen MR) is 104 cm³/mol. The highest BCUT2D eigenvalue weighted by atomic mass is 16.2. The normalized spacial score (nSPS) is 18.1. The molecule has 5 nitrogen and oxygen atoms in total. The summed E-state index contributed by atoms with van der Waals surface area (Å²) in [5.74, 6) is 0.703. The third-order valence-electron chi connectivity index (χ3n) is 5.47. The van der Waals surface area contributed by atoms with E-state index in [1.807, 2.05) is 24.3 Å². The molecule has 1 aliphatic carbocycles. The molecule has 1 fully saturated rings. The maximum absolute atomic E-state index is 12.8. The van der Waals surface area contributed by atoms with Gasteiger partial charge in [-0.1, -0.05) is 50.3 Å². The van der Waals surface area contributed by atoms with Gasteiger partial charge >= 0.3 is 0 Å². The van der Waals surface area contributed by atoms with E-state index in [4.69, 9.17) is 0 Å². The molecule has 5 heteroatoms. The Kier molecular flexibility index (Phi) is 5.14. The van der Waals surface area contributed by atoms with E-state index < -0.39 is 0 Å². The number of amides is 1. The van der Waals surface area contributed by atoms with E-state index >= 15 is 0 Å². The summed E-state index contributed by atoms with van der Waals surface area (Å²) in [4.78, 5) is 14.6. The smallest absolute Gasteiger partial charge is 0.278 e. The molecule has 2 aliphatic rings. The Balaban J connectivity index is 1.42. The van der Waals surface area contributed by atoms with Crippen molar-refractivity contribution in [1.29, 1.82) is 0 Å². The van der Waals surface area contributed by atoms with Gasteiger partial charge in [0.25, 0.3) is 5.91 Å². The van der Waals surface area contributed by atoms with Crippen LogP contribution in [0.15, 0.2) is 36.4 Å². The van der Waals surface area contributed by atoms with Crippen molar-refractivity contribution in [2.24, 2.45) is 0 Å². The Bertz CT molecular complexity index is 751. The highest BCUT2D eigenvalue weighted by molar-refractivity contribution is 6.06. The van der Waals surface area contributed by atoms with Crippen LogP contribution in [0.1, 0.15) is 61.0 Å². The maximum atomic E-state index is 12.8. The first kappa shape index (κ1) is 17.0. The summed E-state index contributed by atoms with van der Waals surface area (Å²) in [6.07, 6.45) is 9.84. The second-order valence-corrected chi connectivity index (χ2v) is 7.33. The second kappa shape index (κ2) is 7.85. The van der Waals surface area contributed by atoms with Crippen molar-refractivity contribution in [2.75, 3.05) is 16.8 Å². The van der Waals surface area contributed by atoms with Crippen molar-refractivity contribution in [2.45, 2.75) is 57.4 Å². The standard InChI is InChI=1S/C21H26N4O/c26-21(25-15-14-16-8-6-7-11-19(16)25)18-12-13-20(24-23-18)22-17-9-4-2-1-3-5-10-17/h6-8,11-13,17H,1-5,9-10,14-15H2,(H,22,24). The molecule has 2 aromatic rings. The number of carbonyl (C=O) groups excluding carboxylic acids is 1. The molecule has 4 rings (SSSR count). The third kappa shape index (κ3) is 3.71. The van der Waals surface area contributed by atoms with Crippen LogP contribution in [0, 0.1) is 0 Å². The fraction of sp³-hybridized carbons (Fsp3) is 0.476. The van der Waals surface area contributed by atoms with Crippen LogP contribution in [0.3, 0.4) is 0 Å². The van der Waals surface area contributed by atoms with Gasteiger partial charge in [-0.3, -0.25) is 4.79 Å². The highest BCUT2D eigenvalue weighted by Gasteiger charge is 2.26. The minimum absolute atomic E-state index is 0.0695. The van der Waals surface area contributed by atoms with Gasteiger partial charge in [-0.2, -0.15) is 0 Å². The number of anilines is 2. The second-order valence-electron chi connectivity index (χ2n) is 7.33. The van der Waals surface area contributed by atoms with Gasteiger partial charge in [-0.05, 0) is 43.0 Å². The van der Waals surface area contributed by atoms with Gasteiger partial charge < -0.3 is 10.2 Å². The largest absolute Gasteiger partial charge is 0.366 e. The Hall–Kier alpha value is -2.43. The van der Waals surface area contributed by atoms with Crippen molar-refractivity contribution in [3.63, 3.8) is 0 Å². The molecule has 0 radical (unpaired) electrons. The van der Waals surface area contributed by atoms with E-state index in [9.17, 15) is 4.79 Å². The van der Waals surface area contributed by atoms with Crippen LogP contribution in [0.4, 0.5) is 11.5 Å². The number of nitrogens with zero attached hydrogens (tertiary/aromatic N) is 3. The van der Waals surface area contributed by atoms with Gasteiger partial charge in [0, 0.05) is 18.3 Å². The van der Waals surface area contributed by atoms with Gasteiger partial charge in [0.15, 0.2) is 5.69 Å². The Morgan fingerprint density at radius 1 is 0.962 bits per heavy atom. The lowest BCUT2D eigenvalue weighted by molar-refractivity contribution is 0.0983. The molecule has 0 saturated heterocycles. The number of fused-ring (bicyclic) bond motifs is 1. The van der Waals surface area contributed by atoms with E-state index in [0.717, 1.165) is 17.9 Å². The van der Waals surface area contributed by atoms with Gasteiger partial charge in [-0.15, -0.1) is 10.2 Å². The summed E-state index contributed by atoms with van der Waals surface area (Å²) < 4.78 is 0. The zero-order valence-corrected chi connectivity index (χ0v) is 15.2. The monoisotopic (exact) mass is 350 g/mol. The zero-order chi connectivity index (χ0) is 17.8. The lowest BCUT2D eigenvalue weighted by Gasteiger charge is -2.21. The zero-order valence-electron chi connectivity index (χ0n) is 15.2. The van der Waals surface area contributed by atoms with Crippen molar-refractivity contribution in [1.82, 2.24) is 10.2 Å². The number of nitrogens with one attached hydrogen (secondary N) is 1. The van der Waals surface area contributed by atoms with Gasteiger partial charge in [0.1, 0.15) is 5.82 Å². The first-order valence-electron chi connectivity index (χ1n) is 9.81. The van der Waals surface area contributed by atoms with Crippen molar-refractivity contribution < 1.29 is 4.79 Å². The maximum Gasteiger partial charge on any atom is 0.278 e. The first-order valence-corrected chi connectivity index (χ1v) is 9.81. The number of para-hydroxylation sites is 1. The molecule has 136 valence electrons. The summed E-state index contributed by atoms with van der Waals surface area (Å²) in [7, 11) is 0. The van der Waals surface area contributed by atoms with Gasteiger partial charge in [0.05, 0.1) is 0 Å². The van der Waals surface area contributed by atoms with Crippen molar-refractivity contribution in [3.05, 3.63) is 47.7 Å². The molecule has 0 unspecified atom stereocenters. The predicted octanol–water partition coefficient (Wildman–Crippen LogP) is 4.20. The summed E-state index contributed by atoms with van der Waals surface area (Å²) >= 11 is 0. The number of carbonyl (C=O) groups is 1. The minimum Gasteiger partial charge on any atom is -0.366 e. The molecule has 1 amide bonds. The van der Waals surface area contributed by atoms with Crippen LogP contribution in [0.2, 0.25) is 0 Å². The number of aromatic nitrogens is 2. The molecule has 1 aliphatic heterocycles. The van der Waals surface area contributed by atoms with E-state index in [0.29, 0.717) is 18.3 Å². The molecule has 0 spiro atoms. The Morgan fingerprint density at radius 2 is 1.73 bits per heavy atom. The van der Waals surface area contributed by atoms with Crippen LogP contribution >= 0.6 is 0 Å². The summed E-state index contributed by atoms with van der Waals surface area (Å²) in [5.41, 5.74) is 2.62. The van der Waals surface area contributed by atoms with Crippen molar-refractivity contribution in [3.8, 4) is 0 Å². The van der Waals surface area contributed by atoms with Crippen LogP contribution in [0.25, 0.3) is 0 Å². The average Bonchev–Trinajstić information content (AvgIpc) is 3.08. The summed E-state index contributed by atoms with van der Waals surface area (Å²) in [6.45, 7) is 0.710. The molecule has 26 heavy (non-hydrogen) atoms. The molecule has 1 saturated carbocycles. The summed E-state index contributed by atoms with van der Waals surface area (Å²) in [6, 6.07) is 12.2. The Morgan fingerprint density at radius 3 is 2.50 bits per heavy atom. The topological polar surface area (TPSA) is 58.1 Å². The van der Waals surface area contributed by atoms with Crippen LogP contribution < -0.4 is 10.2 Å². The molecule has 2 heterocycles. The lowest BCUT2D eigenvalue weighted by Crippen LogP contribution is -2.30.